The average Bonchev–Trinajstić information content (AvgIpc) is 3.04. The lowest BCUT2D eigenvalue weighted by Crippen LogP contribution is -2.30. The minimum atomic E-state index is -0.155. The SMILES string of the molecule is CN(Cc1ccc(Cl)cc1)CC(O)C1CC1. The van der Waals surface area contributed by atoms with Gasteiger partial charge in [-0.05, 0) is 43.5 Å². The molecule has 1 aliphatic carbocycles. The van der Waals surface area contributed by atoms with Crippen molar-refractivity contribution in [1.82, 2.24) is 4.90 Å². The summed E-state index contributed by atoms with van der Waals surface area (Å²) in [5.74, 6) is 0.549. The van der Waals surface area contributed by atoms with E-state index in [4.69, 9.17) is 11.6 Å². The van der Waals surface area contributed by atoms with Crippen LogP contribution in [0.25, 0.3) is 0 Å². The molecule has 0 spiro atoms. The highest BCUT2D eigenvalue weighted by molar-refractivity contribution is 6.30. The smallest absolute Gasteiger partial charge is 0.0695 e. The molecule has 0 saturated heterocycles. The first-order valence-electron chi connectivity index (χ1n) is 5.76. The molecule has 3 heteroatoms. The lowest BCUT2D eigenvalue weighted by Gasteiger charge is -2.20. The topological polar surface area (TPSA) is 23.5 Å². The van der Waals surface area contributed by atoms with Gasteiger partial charge in [-0.15, -0.1) is 0 Å². The van der Waals surface area contributed by atoms with Gasteiger partial charge in [0.25, 0.3) is 0 Å². The lowest BCUT2D eigenvalue weighted by atomic mass is 10.2. The molecule has 0 amide bonds. The third kappa shape index (κ3) is 3.48. The van der Waals surface area contributed by atoms with Gasteiger partial charge in [0.1, 0.15) is 0 Å². The van der Waals surface area contributed by atoms with Crippen LogP contribution in [0.3, 0.4) is 0 Å². The van der Waals surface area contributed by atoms with Crippen LogP contribution >= 0.6 is 11.6 Å². The minimum absolute atomic E-state index is 0.155. The maximum Gasteiger partial charge on any atom is 0.0695 e. The van der Waals surface area contributed by atoms with Crippen LogP contribution in [0.1, 0.15) is 18.4 Å². The van der Waals surface area contributed by atoms with Crippen LogP contribution in [0.4, 0.5) is 0 Å². The molecule has 2 rings (SSSR count). The summed E-state index contributed by atoms with van der Waals surface area (Å²) in [6, 6.07) is 7.87. The van der Waals surface area contributed by atoms with Crippen LogP contribution in [0.2, 0.25) is 5.02 Å². The number of likely N-dealkylation sites (N-methyl/N-ethyl adjacent to an activating group) is 1. The van der Waals surface area contributed by atoms with E-state index in [1.54, 1.807) is 0 Å². The second-order valence-electron chi connectivity index (χ2n) is 4.73. The molecule has 1 N–H and O–H groups in total. The minimum Gasteiger partial charge on any atom is -0.392 e. The fourth-order valence-electron chi connectivity index (χ4n) is 1.92. The Morgan fingerprint density at radius 3 is 2.56 bits per heavy atom. The Labute approximate surface area is 102 Å². The predicted molar refractivity (Wildman–Crippen MR) is 66.5 cm³/mol. The summed E-state index contributed by atoms with van der Waals surface area (Å²) >= 11 is 5.83. The molecule has 0 heterocycles. The number of rotatable bonds is 5. The molecular formula is C13H18ClNO. The Morgan fingerprint density at radius 2 is 2.00 bits per heavy atom. The molecule has 0 bridgehead atoms. The summed E-state index contributed by atoms with van der Waals surface area (Å²) in [7, 11) is 2.04. The fourth-order valence-corrected chi connectivity index (χ4v) is 2.04. The molecule has 88 valence electrons. The number of aliphatic hydroxyl groups is 1. The van der Waals surface area contributed by atoms with Gasteiger partial charge in [-0.2, -0.15) is 0 Å². The van der Waals surface area contributed by atoms with Crippen molar-refractivity contribution in [1.29, 1.82) is 0 Å². The Hall–Kier alpha value is -0.570. The fraction of sp³-hybridized carbons (Fsp3) is 0.538. The van der Waals surface area contributed by atoms with Crippen LogP contribution in [-0.2, 0) is 6.54 Å². The molecule has 0 aromatic heterocycles. The highest BCUT2D eigenvalue weighted by Crippen LogP contribution is 2.32. The maximum absolute atomic E-state index is 9.82. The van der Waals surface area contributed by atoms with E-state index in [1.165, 1.54) is 18.4 Å². The highest BCUT2D eigenvalue weighted by atomic mass is 35.5. The number of aliphatic hydroxyl groups excluding tert-OH is 1. The monoisotopic (exact) mass is 239 g/mol. The number of benzene rings is 1. The summed E-state index contributed by atoms with van der Waals surface area (Å²) in [6.07, 6.45) is 2.23. The Kier molecular flexibility index (Phi) is 3.85. The first-order valence-corrected chi connectivity index (χ1v) is 6.14. The van der Waals surface area contributed by atoms with Gasteiger partial charge in [0.05, 0.1) is 6.10 Å². The third-order valence-corrected chi connectivity index (χ3v) is 3.28. The van der Waals surface area contributed by atoms with E-state index in [-0.39, 0.29) is 6.10 Å². The number of halogens is 1. The summed E-state index contributed by atoms with van der Waals surface area (Å²) in [5.41, 5.74) is 1.23. The van der Waals surface area contributed by atoms with E-state index in [0.717, 1.165) is 18.1 Å². The van der Waals surface area contributed by atoms with Crippen molar-refractivity contribution >= 4 is 11.6 Å². The van der Waals surface area contributed by atoms with Crippen LogP contribution < -0.4 is 0 Å². The molecule has 2 nitrogen and oxygen atoms in total. The molecule has 1 unspecified atom stereocenters. The van der Waals surface area contributed by atoms with E-state index in [9.17, 15) is 5.11 Å². The zero-order valence-electron chi connectivity index (χ0n) is 9.56. The second kappa shape index (κ2) is 5.17. The van der Waals surface area contributed by atoms with E-state index in [2.05, 4.69) is 4.90 Å². The average molecular weight is 240 g/mol. The van der Waals surface area contributed by atoms with E-state index < -0.39 is 0 Å². The molecule has 1 atom stereocenters. The predicted octanol–water partition coefficient (Wildman–Crippen LogP) is 2.54. The molecular weight excluding hydrogens is 222 g/mol. The summed E-state index contributed by atoms with van der Waals surface area (Å²) < 4.78 is 0. The molecule has 16 heavy (non-hydrogen) atoms. The number of hydrogen-bond donors (Lipinski definition) is 1. The van der Waals surface area contributed by atoms with E-state index in [0.29, 0.717) is 5.92 Å². The molecule has 1 aliphatic rings. The van der Waals surface area contributed by atoms with Crippen molar-refractivity contribution in [3.05, 3.63) is 34.9 Å². The first kappa shape index (κ1) is 11.9. The Bertz CT molecular complexity index is 334. The largest absolute Gasteiger partial charge is 0.392 e. The molecule has 0 aliphatic heterocycles. The van der Waals surface area contributed by atoms with Gasteiger partial charge in [-0.1, -0.05) is 23.7 Å². The molecule has 1 saturated carbocycles. The van der Waals surface area contributed by atoms with E-state index >= 15 is 0 Å². The second-order valence-corrected chi connectivity index (χ2v) is 5.16. The molecule has 1 aromatic rings. The number of nitrogens with zero attached hydrogens (tertiary/aromatic N) is 1. The van der Waals surface area contributed by atoms with Gasteiger partial charge in [0.15, 0.2) is 0 Å². The van der Waals surface area contributed by atoms with Gasteiger partial charge in [0.2, 0.25) is 0 Å². The third-order valence-electron chi connectivity index (χ3n) is 3.03. The molecule has 1 fully saturated rings. The van der Waals surface area contributed by atoms with Crippen LogP contribution in [0, 0.1) is 5.92 Å². The lowest BCUT2D eigenvalue weighted by molar-refractivity contribution is 0.104. The van der Waals surface area contributed by atoms with Gasteiger partial charge in [-0.3, -0.25) is 4.90 Å². The van der Waals surface area contributed by atoms with E-state index in [1.807, 2.05) is 31.3 Å². The Morgan fingerprint density at radius 1 is 1.38 bits per heavy atom. The first-order chi connectivity index (χ1) is 7.65. The van der Waals surface area contributed by atoms with Crippen molar-refractivity contribution < 1.29 is 5.11 Å². The standard InChI is InChI=1S/C13H18ClNO/c1-15(9-13(16)11-4-5-11)8-10-2-6-12(14)7-3-10/h2-3,6-7,11,13,16H,4-5,8-9H2,1H3. The zero-order valence-corrected chi connectivity index (χ0v) is 10.3. The summed E-state index contributed by atoms with van der Waals surface area (Å²) in [6.45, 7) is 1.62. The van der Waals surface area contributed by atoms with Crippen LogP contribution in [0.15, 0.2) is 24.3 Å². The van der Waals surface area contributed by atoms with Crippen molar-refractivity contribution in [2.45, 2.75) is 25.5 Å². The van der Waals surface area contributed by atoms with Gasteiger partial charge in [0, 0.05) is 18.1 Å². The van der Waals surface area contributed by atoms with Crippen molar-refractivity contribution in [2.24, 2.45) is 5.92 Å². The summed E-state index contributed by atoms with van der Waals surface area (Å²) in [5, 5.41) is 10.6. The quantitative estimate of drug-likeness (QED) is 0.854. The van der Waals surface area contributed by atoms with Crippen molar-refractivity contribution in [3.63, 3.8) is 0 Å². The van der Waals surface area contributed by atoms with Gasteiger partial charge >= 0.3 is 0 Å². The van der Waals surface area contributed by atoms with Gasteiger partial charge < -0.3 is 5.11 Å². The molecule has 1 aromatic carbocycles. The molecule has 0 radical (unpaired) electrons. The Balaban J connectivity index is 1.81. The van der Waals surface area contributed by atoms with Crippen molar-refractivity contribution in [2.75, 3.05) is 13.6 Å². The normalized spacial score (nSPS) is 17.8. The summed E-state index contributed by atoms with van der Waals surface area (Å²) in [4.78, 5) is 2.16. The highest BCUT2D eigenvalue weighted by Gasteiger charge is 2.30. The zero-order chi connectivity index (χ0) is 11.5. The van der Waals surface area contributed by atoms with Gasteiger partial charge in [-0.25, -0.2) is 0 Å². The van der Waals surface area contributed by atoms with Crippen LogP contribution in [0.5, 0.6) is 0 Å². The van der Waals surface area contributed by atoms with Crippen molar-refractivity contribution in [3.8, 4) is 0 Å². The maximum atomic E-state index is 9.82. The van der Waals surface area contributed by atoms with Crippen LogP contribution in [-0.4, -0.2) is 29.7 Å². The number of hydrogen-bond acceptors (Lipinski definition) is 2.